The summed E-state index contributed by atoms with van der Waals surface area (Å²) in [5, 5.41) is 11.3. The van der Waals surface area contributed by atoms with Gasteiger partial charge in [0.1, 0.15) is 0 Å². The molecule has 0 atom stereocenters. The van der Waals surface area contributed by atoms with Crippen LogP contribution in [0.4, 0.5) is 25.1 Å². The van der Waals surface area contributed by atoms with Crippen molar-refractivity contribution in [3.05, 3.63) is 60.2 Å². The third-order valence-corrected chi connectivity index (χ3v) is 5.38. The van der Waals surface area contributed by atoms with E-state index in [0.717, 1.165) is 29.2 Å². The Balaban J connectivity index is 1.19. The van der Waals surface area contributed by atoms with Gasteiger partial charge in [-0.05, 0) is 42.5 Å². The van der Waals surface area contributed by atoms with E-state index in [4.69, 9.17) is 9.47 Å². The zero-order valence-electron chi connectivity index (χ0n) is 16.9. The number of urea groups is 1. The lowest BCUT2D eigenvalue weighted by molar-refractivity contribution is 0.174. The SMILES string of the molecule is O=C(Nc1ccc(F)c(F)c1)N1CCN(c2ccc(-c3ccc4c(c3)OCO4)nn2)CC1. The molecule has 1 saturated heterocycles. The van der Waals surface area contributed by atoms with Gasteiger partial charge >= 0.3 is 6.03 Å². The number of nitrogens with one attached hydrogen (secondary N) is 1. The fraction of sp³-hybridized carbons (Fsp3) is 0.227. The molecule has 0 aliphatic carbocycles. The number of hydrogen-bond donors (Lipinski definition) is 1. The summed E-state index contributed by atoms with van der Waals surface area (Å²) < 4.78 is 37.1. The van der Waals surface area contributed by atoms with Crippen LogP contribution in [-0.2, 0) is 0 Å². The molecule has 164 valence electrons. The Morgan fingerprint density at radius 2 is 1.69 bits per heavy atom. The molecule has 1 aromatic heterocycles. The third kappa shape index (κ3) is 3.98. The van der Waals surface area contributed by atoms with Crippen LogP contribution in [0.3, 0.4) is 0 Å². The van der Waals surface area contributed by atoms with Crippen LogP contribution < -0.4 is 19.7 Å². The molecule has 0 bridgehead atoms. The number of aromatic nitrogens is 2. The molecule has 10 heteroatoms. The number of carbonyl (C=O) groups is 1. The molecule has 0 radical (unpaired) electrons. The molecule has 0 saturated carbocycles. The van der Waals surface area contributed by atoms with Crippen molar-refractivity contribution < 1.29 is 23.0 Å². The fourth-order valence-electron chi connectivity index (χ4n) is 3.62. The van der Waals surface area contributed by atoms with E-state index in [2.05, 4.69) is 15.5 Å². The number of anilines is 2. The van der Waals surface area contributed by atoms with Crippen molar-refractivity contribution >= 4 is 17.5 Å². The molecule has 0 spiro atoms. The van der Waals surface area contributed by atoms with E-state index in [9.17, 15) is 13.6 Å². The first-order chi connectivity index (χ1) is 15.6. The molecule has 2 aromatic carbocycles. The summed E-state index contributed by atoms with van der Waals surface area (Å²) in [6.07, 6.45) is 0. The summed E-state index contributed by atoms with van der Waals surface area (Å²) in [4.78, 5) is 16.1. The Morgan fingerprint density at radius 3 is 2.44 bits per heavy atom. The Hall–Kier alpha value is -3.95. The van der Waals surface area contributed by atoms with Gasteiger partial charge in [0.2, 0.25) is 6.79 Å². The van der Waals surface area contributed by atoms with Crippen molar-refractivity contribution in [3.63, 3.8) is 0 Å². The summed E-state index contributed by atoms with van der Waals surface area (Å²) in [7, 11) is 0. The van der Waals surface area contributed by atoms with Crippen LogP contribution in [0.2, 0.25) is 0 Å². The zero-order valence-corrected chi connectivity index (χ0v) is 16.9. The van der Waals surface area contributed by atoms with Crippen LogP contribution >= 0.6 is 0 Å². The Bertz CT molecular complexity index is 1150. The van der Waals surface area contributed by atoms with Crippen LogP contribution in [0.25, 0.3) is 11.3 Å². The zero-order chi connectivity index (χ0) is 22.1. The van der Waals surface area contributed by atoms with Crippen LogP contribution in [0.15, 0.2) is 48.5 Å². The van der Waals surface area contributed by atoms with E-state index in [-0.39, 0.29) is 18.5 Å². The van der Waals surface area contributed by atoms with E-state index < -0.39 is 11.6 Å². The molecular weight excluding hydrogens is 420 g/mol. The van der Waals surface area contributed by atoms with Crippen LogP contribution in [0.1, 0.15) is 0 Å². The largest absolute Gasteiger partial charge is 0.454 e. The normalized spacial score (nSPS) is 15.1. The molecule has 3 aromatic rings. The first-order valence-electron chi connectivity index (χ1n) is 10.1. The smallest absolute Gasteiger partial charge is 0.321 e. The summed E-state index contributed by atoms with van der Waals surface area (Å²) in [6, 6.07) is 12.3. The molecule has 8 nitrogen and oxygen atoms in total. The van der Waals surface area contributed by atoms with Gasteiger partial charge in [-0.25, -0.2) is 13.6 Å². The highest BCUT2D eigenvalue weighted by Gasteiger charge is 2.23. The van der Waals surface area contributed by atoms with Gasteiger partial charge in [-0.3, -0.25) is 0 Å². The van der Waals surface area contributed by atoms with E-state index in [1.807, 2.05) is 35.2 Å². The standard InChI is InChI=1S/C22H19F2N5O3/c23-16-3-2-15(12-17(16)24)25-22(30)29-9-7-28(8-10-29)21-6-4-18(26-27-21)14-1-5-19-20(11-14)32-13-31-19/h1-6,11-12H,7-10,13H2,(H,25,30). The number of ether oxygens (including phenoxy) is 2. The highest BCUT2D eigenvalue weighted by atomic mass is 19.2. The second-order valence-corrected chi connectivity index (χ2v) is 7.38. The predicted octanol–water partition coefficient (Wildman–Crippen LogP) is 3.50. The van der Waals surface area contributed by atoms with E-state index in [1.54, 1.807) is 4.90 Å². The van der Waals surface area contributed by atoms with E-state index >= 15 is 0 Å². The lowest BCUT2D eigenvalue weighted by atomic mass is 10.1. The maximum atomic E-state index is 13.3. The van der Waals surface area contributed by atoms with Gasteiger partial charge in [-0.1, -0.05) is 0 Å². The average molecular weight is 439 g/mol. The summed E-state index contributed by atoms with van der Waals surface area (Å²) in [5.74, 6) is 0.156. The summed E-state index contributed by atoms with van der Waals surface area (Å²) in [6.45, 7) is 2.28. The van der Waals surface area contributed by atoms with Crippen molar-refractivity contribution in [1.82, 2.24) is 15.1 Å². The Kier molecular flexibility index (Phi) is 5.18. The predicted molar refractivity (Wildman–Crippen MR) is 113 cm³/mol. The average Bonchev–Trinajstić information content (AvgIpc) is 3.30. The number of rotatable bonds is 3. The highest BCUT2D eigenvalue weighted by Crippen LogP contribution is 2.35. The van der Waals surface area contributed by atoms with Crippen molar-refractivity contribution in [3.8, 4) is 22.8 Å². The van der Waals surface area contributed by atoms with Gasteiger partial charge in [-0.15, -0.1) is 10.2 Å². The molecule has 2 aliphatic rings. The number of halogens is 2. The number of carbonyl (C=O) groups excluding carboxylic acids is 1. The van der Waals surface area contributed by atoms with Crippen molar-refractivity contribution in [2.45, 2.75) is 0 Å². The highest BCUT2D eigenvalue weighted by molar-refractivity contribution is 5.89. The number of nitrogens with zero attached hydrogens (tertiary/aromatic N) is 4. The molecule has 1 N–H and O–H groups in total. The number of piperazine rings is 1. The maximum absolute atomic E-state index is 13.3. The number of hydrogen-bond acceptors (Lipinski definition) is 6. The Labute approximate surface area is 182 Å². The van der Waals surface area contributed by atoms with Crippen molar-refractivity contribution in [2.75, 3.05) is 43.2 Å². The number of benzene rings is 2. The monoisotopic (exact) mass is 439 g/mol. The molecular formula is C22H19F2N5O3. The van der Waals surface area contributed by atoms with Crippen LogP contribution in [0, 0.1) is 11.6 Å². The minimum absolute atomic E-state index is 0.210. The second-order valence-electron chi connectivity index (χ2n) is 7.38. The number of amides is 2. The molecule has 0 unspecified atom stereocenters. The quantitative estimate of drug-likeness (QED) is 0.673. The van der Waals surface area contributed by atoms with Gasteiger partial charge in [0.15, 0.2) is 29.0 Å². The molecule has 2 aliphatic heterocycles. The van der Waals surface area contributed by atoms with Crippen LogP contribution in [0.5, 0.6) is 11.5 Å². The second kappa shape index (κ2) is 8.29. The lowest BCUT2D eigenvalue weighted by Crippen LogP contribution is -2.50. The molecule has 1 fully saturated rings. The molecule has 5 rings (SSSR count). The first kappa shape index (κ1) is 20.0. The van der Waals surface area contributed by atoms with E-state index in [0.29, 0.717) is 37.7 Å². The topological polar surface area (TPSA) is 79.8 Å². The summed E-state index contributed by atoms with van der Waals surface area (Å²) >= 11 is 0. The number of fused-ring (bicyclic) bond motifs is 1. The first-order valence-corrected chi connectivity index (χ1v) is 10.1. The lowest BCUT2D eigenvalue weighted by Gasteiger charge is -2.35. The molecule has 32 heavy (non-hydrogen) atoms. The molecule has 2 amide bonds. The van der Waals surface area contributed by atoms with Crippen molar-refractivity contribution in [2.24, 2.45) is 0 Å². The van der Waals surface area contributed by atoms with Gasteiger partial charge < -0.3 is 24.6 Å². The minimum Gasteiger partial charge on any atom is -0.454 e. The molecule has 3 heterocycles. The third-order valence-electron chi connectivity index (χ3n) is 5.38. The van der Waals surface area contributed by atoms with Gasteiger partial charge in [0, 0.05) is 43.5 Å². The van der Waals surface area contributed by atoms with Crippen molar-refractivity contribution in [1.29, 1.82) is 0 Å². The maximum Gasteiger partial charge on any atom is 0.321 e. The van der Waals surface area contributed by atoms with E-state index in [1.165, 1.54) is 6.07 Å². The van der Waals surface area contributed by atoms with Gasteiger partial charge in [-0.2, -0.15) is 0 Å². The van der Waals surface area contributed by atoms with Gasteiger partial charge in [0.25, 0.3) is 0 Å². The van der Waals surface area contributed by atoms with Crippen LogP contribution in [-0.4, -0.2) is 54.1 Å². The fourth-order valence-corrected chi connectivity index (χ4v) is 3.62. The summed E-state index contributed by atoms with van der Waals surface area (Å²) in [5.41, 5.74) is 1.81. The van der Waals surface area contributed by atoms with Gasteiger partial charge in [0.05, 0.1) is 5.69 Å². The minimum atomic E-state index is -1.00. The Morgan fingerprint density at radius 1 is 0.875 bits per heavy atom.